The molecule has 1 heterocycles. The summed E-state index contributed by atoms with van der Waals surface area (Å²) in [5.41, 5.74) is 0.957. The number of carbonyl (C=O) groups excluding carboxylic acids is 1. The van der Waals surface area contributed by atoms with Crippen molar-refractivity contribution in [3.63, 3.8) is 0 Å². The van der Waals surface area contributed by atoms with E-state index in [2.05, 4.69) is 0 Å². The van der Waals surface area contributed by atoms with Crippen LogP contribution in [-0.2, 0) is 9.53 Å². The number of nitriles is 1. The molecular formula is C11H9NO2. The van der Waals surface area contributed by atoms with E-state index in [0.717, 1.165) is 5.56 Å². The van der Waals surface area contributed by atoms with E-state index in [1.54, 1.807) is 0 Å². The van der Waals surface area contributed by atoms with E-state index in [-0.39, 0.29) is 6.10 Å². The number of nitrogens with zero attached hydrogens (tertiary/aromatic N) is 1. The highest BCUT2D eigenvalue weighted by Crippen LogP contribution is 2.32. The van der Waals surface area contributed by atoms with E-state index in [9.17, 15) is 4.79 Å². The Morgan fingerprint density at radius 2 is 2.07 bits per heavy atom. The molecule has 0 amide bonds. The highest BCUT2D eigenvalue weighted by atomic mass is 16.5. The Morgan fingerprint density at radius 1 is 1.36 bits per heavy atom. The summed E-state index contributed by atoms with van der Waals surface area (Å²) in [6.07, 6.45) is 0.229. The lowest BCUT2D eigenvalue weighted by atomic mass is 10.0. The number of carbonyl (C=O) groups is 1. The molecule has 0 aliphatic carbocycles. The third-order valence-corrected chi connectivity index (χ3v) is 2.32. The molecule has 0 bridgehead atoms. The number of esters is 1. The molecule has 1 aliphatic heterocycles. The molecule has 0 N–H and O–H groups in total. The maximum absolute atomic E-state index is 11.1. The monoisotopic (exact) mass is 187 g/mol. The SMILES string of the molecule is N#CC1CC(c2ccccc2)OC1=O. The second kappa shape index (κ2) is 3.51. The van der Waals surface area contributed by atoms with Gasteiger partial charge in [0, 0.05) is 6.42 Å². The van der Waals surface area contributed by atoms with Crippen LogP contribution in [0.1, 0.15) is 18.1 Å². The summed E-state index contributed by atoms with van der Waals surface area (Å²) >= 11 is 0. The topological polar surface area (TPSA) is 50.1 Å². The summed E-state index contributed by atoms with van der Waals surface area (Å²) in [4.78, 5) is 11.1. The molecule has 1 aliphatic rings. The maximum Gasteiger partial charge on any atom is 0.324 e. The molecule has 1 fully saturated rings. The molecule has 1 aromatic carbocycles. The fourth-order valence-electron chi connectivity index (χ4n) is 1.56. The molecule has 3 heteroatoms. The average molecular weight is 187 g/mol. The third-order valence-electron chi connectivity index (χ3n) is 2.32. The zero-order chi connectivity index (χ0) is 9.97. The summed E-state index contributed by atoms with van der Waals surface area (Å²) in [6, 6.07) is 11.4. The van der Waals surface area contributed by atoms with Crippen LogP contribution in [0.15, 0.2) is 30.3 Å². The molecule has 14 heavy (non-hydrogen) atoms. The second-order valence-electron chi connectivity index (χ2n) is 3.25. The van der Waals surface area contributed by atoms with Crippen molar-refractivity contribution in [2.75, 3.05) is 0 Å². The first-order valence-corrected chi connectivity index (χ1v) is 4.46. The lowest BCUT2D eigenvalue weighted by molar-refractivity contribution is -0.143. The smallest absolute Gasteiger partial charge is 0.324 e. The van der Waals surface area contributed by atoms with E-state index in [4.69, 9.17) is 10.00 Å². The van der Waals surface area contributed by atoms with E-state index in [0.29, 0.717) is 6.42 Å². The van der Waals surface area contributed by atoms with Gasteiger partial charge in [-0.2, -0.15) is 5.26 Å². The molecule has 70 valence electrons. The number of cyclic esters (lactones) is 1. The van der Waals surface area contributed by atoms with Crippen LogP contribution in [0, 0.1) is 17.2 Å². The molecule has 1 saturated heterocycles. The minimum absolute atomic E-state index is 0.242. The van der Waals surface area contributed by atoms with Crippen LogP contribution in [-0.4, -0.2) is 5.97 Å². The number of benzene rings is 1. The Morgan fingerprint density at radius 3 is 2.64 bits per heavy atom. The minimum Gasteiger partial charge on any atom is -0.456 e. The van der Waals surface area contributed by atoms with Gasteiger partial charge in [-0.3, -0.25) is 4.79 Å². The quantitative estimate of drug-likeness (QED) is 0.630. The zero-order valence-electron chi connectivity index (χ0n) is 7.51. The van der Waals surface area contributed by atoms with Gasteiger partial charge in [-0.15, -0.1) is 0 Å². The van der Waals surface area contributed by atoms with Gasteiger partial charge in [-0.1, -0.05) is 30.3 Å². The number of hydrogen-bond acceptors (Lipinski definition) is 3. The second-order valence-corrected chi connectivity index (χ2v) is 3.25. The summed E-state index contributed by atoms with van der Waals surface area (Å²) in [6.45, 7) is 0. The van der Waals surface area contributed by atoms with Crippen molar-refractivity contribution in [3.8, 4) is 6.07 Å². The lowest BCUT2D eigenvalue weighted by Crippen LogP contribution is -2.03. The fraction of sp³-hybridized carbons (Fsp3) is 0.273. The van der Waals surface area contributed by atoms with Crippen molar-refractivity contribution >= 4 is 5.97 Å². The first-order valence-electron chi connectivity index (χ1n) is 4.46. The Balaban J connectivity index is 2.18. The van der Waals surface area contributed by atoms with E-state index in [1.807, 2.05) is 36.4 Å². The van der Waals surface area contributed by atoms with Gasteiger partial charge in [0.15, 0.2) is 0 Å². The molecule has 0 radical (unpaired) electrons. The molecule has 2 rings (SSSR count). The Bertz CT molecular complexity index is 380. The first-order chi connectivity index (χ1) is 6.81. The van der Waals surface area contributed by atoms with Crippen LogP contribution in [0.2, 0.25) is 0 Å². The molecular weight excluding hydrogens is 178 g/mol. The summed E-state index contributed by atoms with van der Waals surface area (Å²) in [7, 11) is 0. The molecule has 0 aromatic heterocycles. The third kappa shape index (κ3) is 1.47. The highest BCUT2D eigenvalue weighted by molar-refractivity contribution is 5.77. The molecule has 0 saturated carbocycles. The molecule has 3 nitrogen and oxygen atoms in total. The van der Waals surface area contributed by atoms with Gasteiger partial charge in [0.1, 0.15) is 12.0 Å². The maximum atomic E-state index is 11.1. The number of rotatable bonds is 1. The van der Waals surface area contributed by atoms with Crippen LogP contribution in [0.25, 0.3) is 0 Å². The molecule has 2 unspecified atom stereocenters. The Labute approximate surface area is 81.9 Å². The van der Waals surface area contributed by atoms with Crippen molar-refractivity contribution in [1.29, 1.82) is 5.26 Å². The van der Waals surface area contributed by atoms with Gasteiger partial charge in [0.05, 0.1) is 6.07 Å². The van der Waals surface area contributed by atoms with Gasteiger partial charge in [0.25, 0.3) is 0 Å². The predicted molar refractivity (Wildman–Crippen MR) is 49.0 cm³/mol. The van der Waals surface area contributed by atoms with Crippen LogP contribution in [0.4, 0.5) is 0 Å². The Kier molecular flexibility index (Phi) is 2.19. The van der Waals surface area contributed by atoms with Crippen LogP contribution < -0.4 is 0 Å². The van der Waals surface area contributed by atoms with Crippen molar-refractivity contribution < 1.29 is 9.53 Å². The average Bonchev–Trinajstić information content (AvgIpc) is 2.61. The minimum atomic E-state index is -0.597. The Hall–Kier alpha value is -1.82. The highest BCUT2D eigenvalue weighted by Gasteiger charge is 2.35. The number of hydrogen-bond donors (Lipinski definition) is 0. The van der Waals surface area contributed by atoms with Gasteiger partial charge in [0.2, 0.25) is 0 Å². The predicted octanol–water partition coefficient (Wildman–Crippen LogP) is 1.81. The van der Waals surface area contributed by atoms with Crippen LogP contribution >= 0.6 is 0 Å². The molecule has 1 aromatic rings. The van der Waals surface area contributed by atoms with Crippen LogP contribution in [0.3, 0.4) is 0 Å². The molecule has 2 atom stereocenters. The van der Waals surface area contributed by atoms with Crippen molar-refractivity contribution in [1.82, 2.24) is 0 Å². The standard InChI is InChI=1S/C11H9NO2/c12-7-9-6-10(14-11(9)13)8-4-2-1-3-5-8/h1-5,9-10H,6H2. The van der Waals surface area contributed by atoms with Gasteiger partial charge < -0.3 is 4.74 Å². The molecule has 0 spiro atoms. The lowest BCUT2D eigenvalue weighted by Gasteiger charge is -2.07. The van der Waals surface area contributed by atoms with E-state index in [1.165, 1.54) is 0 Å². The summed E-state index contributed by atoms with van der Waals surface area (Å²) in [5, 5.41) is 8.65. The van der Waals surface area contributed by atoms with Crippen LogP contribution in [0.5, 0.6) is 0 Å². The first kappa shape index (κ1) is 8.76. The normalized spacial score (nSPS) is 25.5. The van der Waals surface area contributed by atoms with Crippen molar-refractivity contribution in [2.45, 2.75) is 12.5 Å². The summed E-state index contributed by atoms with van der Waals surface area (Å²) < 4.78 is 5.09. The van der Waals surface area contributed by atoms with Gasteiger partial charge in [-0.05, 0) is 5.56 Å². The van der Waals surface area contributed by atoms with Gasteiger partial charge in [-0.25, -0.2) is 0 Å². The van der Waals surface area contributed by atoms with Gasteiger partial charge >= 0.3 is 5.97 Å². The largest absolute Gasteiger partial charge is 0.456 e. The van der Waals surface area contributed by atoms with Crippen molar-refractivity contribution in [2.24, 2.45) is 5.92 Å². The summed E-state index contributed by atoms with van der Waals surface area (Å²) in [5.74, 6) is -0.999. The van der Waals surface area contributed by atoms with Crippen molar-refractivity contribution in [3.05, 3.63) is 35.9 Å². The van der Waals surface area contributed by atoms with E-state index < -0.39 is 11.9 Å². The zero-order valence-corrected chi connectivity index (χ0v) is 7.51. The fourth-order valence-corrected chi connectivity index (χ4v) is 1.56. The van der Waals surface area contributed by atoms with E-state index >= 15 is 0 Å². The number of ether oxygens (including phenoxy) is 1.